The van der Waals surface area contributed by atoms with Crippen LogP contribution in [0.25, 0.3) is 5.69 Å². The van der Waals surface area contributed by atoms with Gasteiger partial charge in [-0.2, -0.15) is 15.0 Å². The van der Waals surface area contributed by atoms with E-state index in [1.807, 2.05) is 32.9 Å². The number of nitrogens with zero attached hydrogens (tertiary/aromatic N) is 5. The molecule has 1 atom stereocenters. The number of pyridine rings is 1. The monoisotopic (exact) mass is 429 g/mol. The maximum Gasteiger partial charge on any atom is 0.272 e. The normalized spacial score (nSPS) is 12.5. The van der Waals surface area contributed by atoms with Crippen LogP contribution in [0.4, 0.5) is 8.78 Å². The number of benzene rings is 1. The van der Waals surface area contributed by atoms with E-state index in [0.29, 0.717) is 17.8 Å². The zero-order chi connectivity index (χ0) is 22.6. The number of aryl methyl sites for hydroxylation is 1. The molecule has 0 aliphatic rings. The lowest BCUT2D eigenvalue weighted by Gasteiger charge is -2.28. The molecule has 1 aromatic carbocycles. The molecule has 0 N–H and O–H groups in total. The molecule has 3 rings (SSSR count). The fourth-order valence-electron chi connectivity index (χ4n) is 3.16. The predicted octanol–water partition coefficient (Wildman–Crippen LogP) is 4.01. The van der Waals surface area contributed by atoms with Crippen LogP contribution in [0.15, 0.2) is 48.9 Å². The minimum Gasteiger partial charge on any atom is -0.475 e. The van der Waals surface area contributed by atoms with E-state index in [-0.39, 0.29) is 30.0 Å². The van der Waals surface area contributed by atoms with E-state index >= 15 is 0 Å². The molecule has 0 radical (unpaired) electrons. The summed E-state index contributed by atoms with van der Waals surface area (Å²) in [6, 6.07) is 7.88. The number of carbonyl (C=O) groups excluding carboxylic acids is 1. The van der Waals surface area contributed by atoms with Gasteiger partial charge in [0.05, 0.1) is 29.7 Å². The highest BCUT2D eigenvalue weighted by Gasteiger charge is 2.26. The first kappa shape index (κ1) is 22.3. The maximum atomic E-state index is 13.3. The number of hydrogen-bond acceptors (Lipinski definition) is 5. The molecule has 0 spiro atoms. The second-order valence-corrected chi connectivity index (χ2v) is 7.36. The Labute approximate surface area is 179 Å². The number of halogens is 2. The highest BCUT2D eigenvalue weighted by Crippen LogP contribution is 2.27. The van der Waals surface area contributed by atoms with Crippen LogP contribution >= 0.6 is 0 Å². The van der Waals surface area contributed by atoms with Gasteiger partial charge in [0.15, 0.2) is 0 Å². The van der Waals surface area contributed by atoms with Crippen LogP contribution in [-0.2, 0) is 5.92 Å². The topological polar surface area (TPSA) is 73.1 Å². The molecule has 2 aromatic heterocycles. The Bertz CT molecular complexity index is 1020. The summed E-state index contributed by atoms with van der Waals surface area (Å²) in [5, 5.41) is 8.30. The van der Waals surface area contributed by atoms with Crippen LogP contribution in [0.5, 0.6) is 5.88 Å². The number of likely N-dealkylation sites (N-methyl/N-ethyl adjacent to an activating group) is 1. The Balaban J connectivity index is 1.74. The fraction of sp³-hybridized carbons (Fsp3) is 0.364. The zero-order valence-corrected chi connectivity index (χ0v) is 17.9. The van der Waals surface area contributed by atoms with E-state index in [0.717, 1.165) is 18.7 Å². The minimum atomic E-state index is -2.96. The molecule has 3 aromatic rings. The molecule has 7 nitrogen and oxygen atoms in total. The van der Waals surface area contributed by atoms with Gasteiger partial charge in [-0.15, -0.1) is 0 Å². The van der Waals surface area contributed by atoms with E-state index in [1.54, 1.807) is 23.4 Å². The Morgan fingerprint density at radius 1 is 1.23 bits per heavy atom. The molecule has 0 aliphatic heterocycles. The van der Waals surface area contributed by atoms with Crippen molar-refractivity contribution in [1.82, 2.24) is 24.9 Å². The zero-order valence-electron chi connectivity index (χ0n) is 17.9. The molecule has 0 bridgehead atoms. The summed E-state index contributed by atoms with van der Waals surface area (Å²) < 4.78 is 32.3. The second kappa shape index (κ2) is 9.20. The Kier molecular flexibility index (Phi) is 6.62. The second-order valence-electron chi connectivity index (χ2n) is 7.36. The lowest BCUT2D eigenvalue weighted by molar-refractivity contribution is 0.0169. The average molecular weight is 429 g/mol. The van der Waals surface area contributed by atoms with Crippen molar-refractivity contribution in [3.8, 4) is 11.6 Å². The van der Waals surface area contributed by atoms with Crippen molar-refractivity contribution in [3.05, 3.63) is 65.6 Å². The van der Waals surface area contributed by atoms with Crippen molar-refractivity contribution >= 4 is 5.91 Å². The lowest BCUT2D eigenvalue weighted by Crippen LogP contribution is -2.42. The van der Waals surface area contributed by atoms with E-state index in [4.69, 9.17) is 4.74 Å². The van der Waals surface area contributed by atoms with Gasteiger partial charge in [-0.3, -0.25) is 4.79 Å². The summed E-state index contributed by atoms with van der Waals surface area (Å²) in [5.41, 5.74) is 1.87. The van der Waals surface area contributed by atoms with Crippen LogP contribution in [0.1, 0.15) is 42.3 Å². The van der Waals surface area contributed by atoms with Gasteiger partial charge in [0.2, 0.25) is 5.88 Å². The highest BCUT2D eigenvalue weighted by atomic mass is 19.3. The van der Waals surface area contributed by atoms with Crippen molar-refractivity contribution in [3.63, 3.8) is 0 Å². The summed E-state index contributed by atoms with van der Waals surface area (Å²) in [6.07, 6.45) is 4.20. The summed E-state index contributed by atoms with van der Waals surface area (Å²) in [6.45, 7) is 7.10. The number of aromatic nitrogens is 4. The summed E-state index contributed by atoms with van der Waals surface area (Å²) in [7, 11) is 0. The van der Waals surface area contributed by atoms with Crippen molar-refractivity contribution < 1.29 is 18.3 Å². The van der Waals surface area contributed by atoms with Gasteiger partial charge < -0.3 is 9.64 Å². The third kappa shape index (κ3) is 5.22. The molecule has 0 unspecified atom stereocenters. The molecular weight excluding hydrogens is 404 g/mol. The van der Waals surface area contributed by atoms with Crippen LogP contribution in [0, 0.1) is 6.92 Å². The summed E-state index contributed by atoms with van der Waals surface area (Å²) >= 11 is 0. The van der Waals surface area contributed by atoms with Gasteiger partial charge in [0.25, 0.3) is 11.8 Å². The first-order valence-electron chi connectivity index (χ1n) is 9.96. The van der Waals surface area contributed by atoms with E-state index in [1.165, 1.54) is 16.9 Å². The number of hydrogen-bond donors (Lipinski definition) is 0. The van der Waals surface area contributed by atoms with Gasteiger partial charge in [0.1, 0.15) is 6.61 Å². The van der Waals surface area contributed by atoms with Crippen LogP contribution < -0.4 is 4.74 Å². The number of alkyl halides is 2. The molecule has 1 amide bonds. The Morgan fingerprint density at radius 3 is 2.52 bits per heavy atom. The number of ether oxygens (including phenoxy) is 1. The van der Waals surface area contributed by atoms with Gasteiger partial charge in [-0.05, 0) is 44.5 Å². The fourth-order valence-corrected chi connectivity index (χ4v) is 3.16. The van der Waals surface area contributed by atoms with Crippen molar-refractivity contribution in [2.45, 2.75) is 39.7 Å². The van der Waals surface area contributed by atoms with Gasteiger partial charge in [-0.25, -0.2) is 13.8 Å². The molecule has 0 saturated carbocycles. The molecule has 9 heteroatoms. The average Bonchev–Trinajstić information content (AvgIpc) is 3.27. The van der Waals surface area contributed by atoms with Crippen molar-refractivity contribution in [2.24, 2.45) is 0 Å². The standard InChI is InChI=1S/C22H25F2N5O2/c1-5-28(16(3)14-31-20-9-7-17(13-25-20)22(4,23)24)21(30)18-8-6-15(2)12-19(18)29-26-10-11-27-29/h6-13,16H,5,14H2,1-4H3/t16-/m0/s1. The lowest BCUT2D eigenvalue weighted by atomic mass is 10.1. The van der Waals surface area contributed by atoms with Crippen molar-refractivity contribution in [1.29, 1.82) is 0 Å². The first-order valence-corrected chi connectivity index (χ1v) is 9.96. The molecule has 31 heavy (non-hydrogen) atoms. The SMILES string of the molecule is CCN(C(=O)c1ccc(C)cc1-n1nccn1)[C@@H](C)COc1ccc(C(C)(F)F)cn1. The van der Waals surface area contributed by atoms with Gasteiger partial charge in [-0.1, -0.05) is 6.07 Å². The molecule has 2 heterocycles. The molecule has 164 valence electrons. The van der Waals surface area contributed by atoms with Crippen LogP contribution in [-0.4, -0.2) is 50.0 Å². The Morgan fingerprint density at radius 2 is 1.94 bits per heavy atom. The summed E-state index contributed by atoms with van der Waals surface area (Å²) in [4.78, 5) is 20.3. The van der Waals surface area contributed by atoms with Crippen LogP contribution in [0.2, 0.25) is 0 Å². The highest BCUT2D eigenvalue weighted by molar-refractivity contribution is 5.98. The molecular formula is C22H25F2N5O2. The van der Waals surface area contributed by atoms with Gasteiger partial charge in [0, 0.05) is 31.3 Å². The third-order valence-electron chi connectivity index (χ3n) is 4.87. The Hall–Kier alpha value is -3.36. The molecule has 0 fully saturated rings. The number of amides is 1. The maximum absolute atomic E-state index is 13.3. The van der Waals surface area contributed by atoms with Gasteiger partial charge >= 0.3 is 0 Å². The predicted molar refractivity (Wildman–Crippen MR) is 112 cm³/mol. The quantitative estimate of drug-likeness (QED) is 0.541. The number of carbonyl (C=O) groups is 1. The van der Waals surface area contributed by atoms with E-state index in [2.05, 4.69) is 15.2 Å². The first-order chi connectivity index (χ1) is 14.7. The smallest absolute Gasteiger partial charge is 0.272 e. The van der Waals surface area contributed by atoms with Crippen LogP contribution in [0.3, 0.4) is 0 Å². The molecule has 0 saturated heterocycles. The third-order valence-corrected chi connectivity index (χ3v) is 4.87. The molecule has 0 aliphatic carbocycles. The number of rotatable bonds is 8. The summed E-state index contributed by atoms with van der Waals surface area (Å²) in [5.74, 6) is -2.92. The van der Waals surface area contributed by atoms with E-state index < -0.39 is 5.92 Å². The van der Waals surface area contributed by atoms with Crippen molar-refractivity contribution in [2.75, 3.05) is 13.2 Å². The van der Waals surface area contributed by atoms with E-state index in [9.17, 15) is 13.6 Å². The minimum absolute atomic E-state index is 0.162. The largest absolute Gasteiger partial charge is 0.475 e.